The second-order valence-corrected chi connectivity index (χ2v) is 2.42. The molecule has 1 aliphatic rings. The Morgan fingerprint density at radius 1 is 1.67 bits per heavy atom. The highest BCUT2D eigenvalue weighted by atomic mass is 16.4. The summed E-state index contributed by atoms with van der Waals surface area (Å²) in [5, 5.41) is 7.87. The Hall–Kier alpha value is -1.16. The van der Waals surface area contributed by atoms with Gasteiger partial charge in [0.1, 0.15) is 6.04 Å². The van der Waals surface area contributed by atoms with Crippen molar-refractivity contribution in [1.29, 1.82) is 0 Å². The Morgan fingerprint density at radius 3 is 2.33 bits per heavy atom. The summed E-state index contributed by atoms with van der Waals surface area (Å²) in [6, 6.07) is -0.731. The summed E-state index contributed by atoms with van der Waals surface area (Å²) in [6.45, 7) is 1.42. The van der Waals surface area contributed by atoms with Crippen molar-refractivity contribution in [3.63, 3.8) is 0 Å². The van der Waals surface area contributed by atoms with E-state index in [0.717, 1.165) is 6.42 Å². The predicted molar refractivity (Wildman–Crippen MR) is 48.2 cm³/mol. The van der Waals surface area contributed by atoms with Crippen LogP contribution in [0, 0.1) is 0 Å². The van der Waals surface area contributed by atoms with Crippen LogP contribution in [0.1, 0.15) is 19.8 Å². The Balaban J connectivity index is 0.000000202. The molecule has 0 aliphatic carbocycles. The summed E-state index contributed by atoms with van der Waals surface area (Å²) in [4.78, 5) is 13.4. The smallest absolute Gasteiger partial charge is 0.320 e. The SMILES string of the molecule is C1=CN=CCC1.C[C@H](N)C(=O)O. The molecule has 0 fully saturated rings. The van der Waals surface area contributed by atoms with E-state index in [1.807, 2.05) is 12.4 Å². The number of hydrogen-bond acceptors (Lipinski definition) is 3. The summed E-state index contributed by atoms with van der Waals surface area (Å²) in [5.41, 5.74) is 4.84. The molecular weight excluding hydrogens is 156 g/mol. The van der Waals surface area contributed by atoms with Crippen molar-refractivity contribution in [2.75, 3.05) is 0 Å². The van der Waals surface area contributed by atoms with Crippen molar-refractivity contribution in [2.24, 2.45) is 10.7 Å². The van der Waals surface area contributed by atoms with E-state index in [9.17, 15) is 4.79 Å². The van der Waals surface area contributed by atoms with Crippen molar-refractivity contribution >= 4 is 12.2 Å². The molecule has 0 saturated carbocycles. The van der Waals surface area contributed by atoms with Crippen LogP contribution in [0.3, 0.4) is 0 Å². The molecule has 0 aromatic heterocycles. The third-order valence-electron chi connectivity index (χ3n) is 1.15. The molecule has 68 valence electrons. The Bertz CT molecular complexity index is 173. The van der Waals surface area contributed by atoms with Crippen molar-refractivity contribution in [3.05, 3.63) is 12.3 Å². The number of carboxylic acid groups (broad SMARTS) is 1. The van der Waals surface area contributed by atoms with Gasteiger partial charge in [-0.25, -0.2) is 0 Å². The van der Waals surface area contributed by atoms with Gasteiger partial charge in [-0.05, 0) is 19.8 Å². The Morgan fingerprint density at radius 2 is 2.25 bits per heavy atom. The minimum absolute atomic E-state index is 0.731. The summed E-state index contributed by atoms with van der Waals surface area (Å²) in [7, 11) is 0. The number of allylic oxidation sites excluding steroid dienone is 1. The van der Waals surface area contributed by atoms with E-state index in [2.05, 4.69) is 11.1 Å². The number of aliphatic carboxylic acids is 1. The topological polar surface area (TPSA) is 75.7 Å². The normalized spacial score (nSPS) is 16.2. The zero-order valence-corrected chi connectivity index (χ0v) is 7.10. The summed E-state index contributed by atoms with van der Waals surface area (Å²) >= 11 is 0. The molecule has 1 heterocycles. The van der Waals surface area contributed by atoms with E-state index in [1.165, 1.54) is 13.3 Å². The molecule has 0 spiro atoms. The summed E-state index contributed by atoms with van der Waals surface area (Å²) in [5.74, 6) is -0.963. The molecular formula is C8H14N2O2. The first-order valence-corrected chi connectivity index (χ1v) is 3.79. The standard InChI is InChI=1S/C5H7N.C3H7NO2/c1-2-4-6-5-3-1;1-2(4)3(5)6/h2,4-5H,1,3H2;2H,4H2,1H3,(H,5,6)/t;2-/m.0/s1. The lowest BCUT2D eigenvalue weighted by Crippen LogP contribution is -2.25. The lowest BCUT2D eigenvalue weighted by molar-refractivity contribution is -0.138. The van der Waals surface area contributed by atoms with Crippen LogP contribution < -0.4 is 5.73 Å². The van der Waals surface area contributed by atoms with Gasteiger partial charge < -0.3 is 10.8 Å². The van der Waals surface area contributed by atoms with Crippen LogP contribution in [0.4, 0.5) is 0 Å². The maximum Gasteiger partial charge on any atom is 0.320 e. The number of aliphatic imine (C=N–C) groups is 1. The van der Waals surface area contributed by atoms with Gasteiger partial charge in [0.05, 0.1) is 0 Å². The van der Waals surface area contributed by atoms with Gasteiger partial charge in [-0.2, -0.15) is 0 Å². The van der Waals surface area contributed by atoms with Crippen LogP contribution in [-0.4, -0.2) is 23.3 Å². The second kappa shape index (κ2) is 6.54. The largest absolute Gasteiger partial charge is 0.480 e. The maximum atomic E-state index is 9.57. The van der Waals surface area contributed by atoms with Crippen LogP contribution in [-0.2, 0) is 4.79 Å². The van der Waals surface area contributed by atoms with Crippen molar-refractivity contribution < 1.29 is 9.90 Å². The molecule has 0 radical (unpaired) electrons. The van der Waals surface area contributed by atoms with Gasteiger partial charge in [0.25, 0.3) is 0 Å². The van der Waals surface area contributed by atoms with Crippen LogP contribution in [0.25, 0.3) is 0 Å². The van der Waals surface area contributed by atoms with E-state index < -0.39 is 12.0 Å². The van der Waals surface area contributed by atoms with Gasteiger partial charge >= 0.3 is 5.97 Å². The first-order valence-electron chi connectivity index (χ1n) is 3.79. The third-order valence-corrected chi connectivity index (χ3v) is 1.15. The molecule has 1 rings (SSSR count). The molecule has 3 N–H and O–H groups in total. The second-order valence-electron chi connectivity index (χ2n) is 2.42. The molecule has 4 nitrogen and oxygen atoms in total. The Labute approximate surface area is 71.8 Å². The average Bonchev–Trinajstić information content (AvgIpc) is 2.08. The molecule has 0 aromatic rings. The van der Waals surface area contributed by atoms with E-state index in [-0.39, 0.29) is 0 Å². The van der Waals surface area contributed by atoms with Crippen molar-refractivity contribution in [1.82, 2.24) is 0 Å². The molecule has 0 bridgehead atoms. The van der Waals surface area contributed by atoms with E-state index in [4.69, 9.17) is 10.8 Å². The molecule has 1 aliphatic heterocycles. The van der Waals surface area contributed by atoms with Crippen LogP contribution >= 0.6 is 0 Å². The molecule has 1 atom stereocenters. The van der Waals surface area contributed by atoms with Crippen LogP contribution in [0.5, 0.6) is 0 Å². The number of nitrogens with two attached hydrogens (primary N) is 1. The predicted octanol–water partition coefficient (Wildman–Crippen LogP) is 0.783. The third kappa shape index (κ3) is 6.95. The number of nitrogens with zero attached hydrogens (tertiary/aromatic N) is 1. The minimum Gasteiger partial charge on any atom is -0.480 e. The molecule has 0 unspecified atom stereocenters. The zero-order chi connectivity index (χ0) is 9.40. The number of rotatable bonds is 1. The van der Waals surface area contributed by atoms with Gasteiger partial charge in [-0.3, -0.25) is 9.79 Å². The van der Waals surface area contributed by atoms with Gasteiger partial charge in [0, 0.05) is 12.4 Å². The maximum absolute atomic E-state index is 9.57. The van der Waals surface area contributed by atoms with Gasteiger partial charge in [0.15, 0.2) is 0 Å². The highest BCUT2D eigenvalue weighted by molar-refractivity contribution is 5.72. The molecule has 0 aromatic carbocycles. The quantitative estimate of drug-likeness (QED) is 0.610. The number of hydrogen-bond donors (Lipinski definition) is 2. The van der Waals surface area contributed by atoms with Crippen LogP contribution in [0.15, 0.2) is 17.3 Å². The van der Waals surface area contributed by atoms with E-state index >= 15 is 0 Å². The highest BCUT2D eigenvalue weighted by Crippen LogP contribution is 1.92. The molecule has 4 heteroatoms. The van der Waals surface area contributed by atoms with Gasteiger partial charge in [-0.15, -0.1) is 0 Å². The van der Waals surface area contributed by atoms with Crippen molar-refractivity contribution in [2.45, 2.75) is 25.8 Å². The van der Waals surface area contributed by atoms with Crippen molar-refractivity contribution in [3.8, 4) is 0 Å². The molecule has 0 amide bonds. The molecule has 0 saturated heterocycles. The Kier molecular flexibility index (Phi) is 5.91. The van der Waals surface area contributed by atoms with E-state index in [1.54, 1.807) is 0 Å². The average molecular weight is 170 g/mol. The summed E-state index contributed by atoms with van der Waals surface area (Å²) in [6.07, 6.45) is 8.13. The zero-order valence-electron chi connectivity index (χ0n) is 7.10. The number of carbonyl (C=O) groups is 1. The fourth-order valence-electron chi connectivity index (χ4n) is 0.442. The van der Waals surface area contributed by atoms with Gasteiger partial charge in [0.2, 0.25) is 0 Å². The minimum atomic E-state index is -0.963. The summed E-state index contributed by atoms with van der Waals surface area (Å²) < 4.78 is 0. The fraction of sp³-hybridized carbons (Fsp3) is 0.500. The lowest BCUT2D eigenvalue weighted by Gasteiger charge is -1.90. The lowest BCUT2D eigenvalue weighted by atomic mass is 10.3. The first kappa shape index (κ1) is 10.8. The number of carboxylic acids is 1. The first-order chi connectivity index (χ1) is 5.64. The monoisotopic (exact) mass is 170 g/mol. The fourth-order valence-corrected chi connectivity index (χ4v) is 0.442. The van der Waals surface area contributed by atoms with E-state index in [0.29, 0.717) is 0 Å². The van der Waals surface area contributed by atoms with Crippen LogP contribution in [0.2, 0.25) is 0 Å². The highest BCUT2D eigenvalue weighted by Gasteiger charge is 1.99. The molecule has 12 heavy (non-hydrogen) atoms. The van der Waals surface area contributed by atoms with Gasteiger partial charge in [-0.1, -0.05) is 6.08 Å².